The Labute approximate surface area is 165 Å². The lowest BCUT2D eigenvalue weighted by atomic mass is 10.00. The number of methoxy groups -OCH3 is 1. The highest BCUT2D eigenvalue weighted by Crippen LogP contribution is 2.40. The Morgan fingerprint density at radius 2 is 1.82 bits per heavy atom. The number of carbonyl (C=O) groups is 1. The highest BCUT2D eigenvalue weighted by atomic mass is 16.5. The molecule has 2 fully saturated rings. The summed E-state index contributed by atoms with van der Waals surface area (Å²) in [6, 6.07) is 14.5. The molecule has 3 aliphatic heterocycles. The molecule has 6 nitrogen and oxygen atoms in total. The highest BCUT2D eigenvalue weighted by Gasteiger charge is 2.40. The molecule has 2 aromatic rings. The molecule has 146 valence electrons. The summed E-state index contributed by atoms with van der Waals surface area (Å²) in [6.45, 7) is 3.53. The van der Waals surface area contributed by atoms with E-state index in [2.05, 4.69) is 46.1 Å². The lowest BCUT2D eigenvalue weighted by molar-refractivity contribution is -0.118. The molecule has 1 amide bonds. The van der Waals surface area contributed by atoms with E-state index >= 15 is 0 Å². The number of fused-ring (bicyclic) bond motifs is 1. The number of nitrogens with one attached hydrogen (secondary N) is 2. The zero-order valence-corrected chi connectivity index (χ0v) is 16.1. The second-order valence-electron chi connectivity index (χ2n) is 7.76. The van der Waals surface area contributed by atoms with E-state index in [0.29, 0.717) is 5.92 Å². The molecule has 5 rings (SSSR count). The number of hydrogen-bond donors (Lipinski definition) is 2. The maximum atomic E-state index is 13.3. The van der Waals surface area contributed by atoms with Crippen molar-refractivity contribution in [1.82, 2.24) is 10.9 Å². The lowest BCUT2D eigenvalue weighted by Crippen LogP contribution is -2.41. The quantitative estimate of drug-likeness (QED) is 0.853. The zero-order valence-electron chi connectivity index (χ0n) is 16.1. The average Bonchev–Trinajstić information content (AvgIpc) is 3.47. The second kappa shape index (κ2) is 7.11. The summed E-state index contributed by atoms with van der Waals surface area (Å²) in [6.07, 6.45) is 1.81. The number of benzene rings is 2. The molecular weight excluding hydrogens is 352 g/mol. The molecule has 0 saturated carbocycles. The molecule has 28 heavy (non-hydrogen) atoms. The third kappa shape index (κ3) is 2.84. The Balaban J connectivity index is 1.36. The van der Waals surface area contributed by atoms with Crippen molar-refractivity contribution in [3.63, 3.8) is 0 Å². The van der Waals surface area contributed by atoms with Gasteiger partial charge in [-0.05, 0) is 42.2 Å². The van der Waals surface area contributed by atoms with E-state index < -0.39 is 0 Å². The SMILES string of the molecule is COc1cccc2c1N(C1CCN(c3ccc(C4CNNC4)cc3)C1=O)CC2. The highest BCUT2D eigenvalue weighted by molar-refractivity contribution is 6.02. The van der Waals surface area contributed by atoms with Gasteiger partial charge in [0.05, 0.1) is 12.8 Å². The van der Waals surface area contributed by atoms with Crippen LogP contribution in [0.15, 0.2) is 42.5 Å². The summed E-state index contributed by atoms with van der Waals surface area (Å²) < 4.78 is 5.58. The molecule has 3 aliphatic rings. The number of hydrogen-bond acceptors (Lipinski definition) is 5. The first kappa shape index (κ1) is 17.5. The molecule has 3 heterocycles. The molecule has 2 saturated heterocycles. The van der Waals surface area contributed by atoms with E-state index in [9.17, 15) is 4.79 Å². The molecule has 0 spiro atoms. The first-order valence-electron chi connectivity index (χ1n) is 10.1. The van der Waals surface area contributed by atoms with Crippen LogP contribution >= 0.6 is 0 Å². The summed E-state index contributed by atoms with van der Waals surface area (Å²) in [4.78, 5) is 17.5. The number of rotatable bonds is 4. The standard InChI is InChI=1S/C22H26N4O2/c1-28-20-4-2-3-16-9-11-26(21(16)20)19-10-12-25(22(19)27)18-7-5-15(6-8-18)17-13-23-24-14-17/h2-8,17,19,23-24H,9-14H2,1H3. The minimum absolute atomic E-state index is 0.111. The van der Waals surface area contributed by atoms with Gasteiger partial charge in [0.1, 0.15) is 11.8 Å². The topological polar surface area (TPSA) is 56.8 Å². The molecule has 0 bridgehead atoms. The number of nitrogens with zero attached hydrogens (tertiary/aromatic N) is 2. The molecule has 1 unspecified atom stereocenters. The molecule has 6 heteroatoms. The van der Waals surface area contributed by atoms with E-state index in [0.717, 1.165) is 56.1 Å². The third-order valence-electron chi connectivity index (χ3n) is 6.26. The van der Waals surface area contributed by atoms with Crippen LogP contribution in [0.1, 0.15) is 23.5 Å². The van der Waals surface area contributed by atoms with Crippen LogP contribution in [0.25, 0.3) is 0 Å². The first-order chi connectivity index (χ1) is 13.8. The molecular formula is C22H26N4O2. The van der Waals surface area contributed by atoms with Gasteiger partial charge in [0.2, 0.25) is 5.91 Å². The van der Waals surface area contributed by atoms with Crippen molar-refractivity contribution in [3.8, 4) is 5.75 Å². The van der Waals surface area contributed by atoms with Crippen molar-refractivity contribution in [1.29, 1.82) is 0 Å². The van der Waals surface area contributed by atoms with Gasteiger partial charge in [0, 0.05) is 37.8 Å². The van der Waals surface area contributed by atoms with E-state index in [1.807, 2.05) is 17.0 Å². The smallest absolute Gasteiger partial charge is 0.249 e. The molecule has 2 N–H and O–H groups in total. The normalized spacial score (nSPS) is 22.2. The maximum absolute atomic E-state index is 13.3. The fourth-order valence-electron chi connectivity index (χ4n) is 4.76. The zero-order chi connectivity index (χ0) is 19.1. The Hall–Kier alpha value is -2.57. The van der Waals surface area contributed by atoms with Crippen LogP contribution < -0.4 is 25.4 Å². The van der Waals surface area contributed by atoms with E-state index in [1.54, 1.807) is 7.11 Å². The van der Waals surface area contributed by atoms with Crippen molar-refractivity contribution in [2.75, 3.05) is 43.1 Å². The van der Waals surface area contributed by atoms with Gasteiger partial charge in [-0.15, -0.1) is 0 Å². The Bertz CT molecular complexity index is 877. The molecule has 2 aromatic carbocycles. The first-order valence-corrected chi connectivity index (χ1v) is 10.1. The number of carbonyl (C=O) groups excluding carboxylic acids is 1. The molecule has 0 aromatic heterocycles. The van der Waals surface area contributed by atoms with Crippen LogP contribution in [0.3, 0.4) is 0 Å². The minimum Gasteiger partial charge on any atom is -0.495 e. The summed E-state index contributed by atoms with van der Waals surface area (Å²) in [5.41, 5.74) is 11.0. The van der Waals surface area contributed by atoms with Gasteiger partial charge >= 0.3 is 0 Å². The van der Waals surface area contributed by atoms with Crippen LogP contribution in [0.4, 0.5) is 11.4 Å². The number of anilines is 2. The monoisotopic (exact) mass is 378 g/mol. The van der Waals surface area contributed by atoms with Gasteiger partial charge in [-0.2, -0.15) is 0 Å². The summed E-state index contributed by atoms with van der Waals surface area (Å²) in [5, 5.41) is 0. The van der Waals surface area contributed by atoms with E-state index in [-0.39, 0.29) is 11.9 Å². The van der Waals surface area contributed by atoms with Crippen molar-refractivity contribution in [2.24, 2.45) is 0 Å². The molecule has 0 aliphatic carbocycles. The van der Waals surface area contributed by atoms with Gasteiger partial charge in [0.15, 0.2) is 0 Å². The Morgan fingerprint density at radius 1 is 1.04 bits per heavy atom. The molecule has 1 atom stereocenters. The maximum Gasteiger partial charge on any atom is 0.249 e. The molecule has 0 radical (unpaired) electrons. The summed E-state index contributed by atoms with van der Waals surface area (Å²) >= 11 is 0. The fourth-order valence-corrected chi connectivity index (χ4v) is 4.76. The van der Waals surface area contributed by atoms with Gasteiger partial charge in [-0.1, -0.05) is 24.3 Å². The van der Waals surface area contributed by atoms with Crippen LogP contribution in [0.5, 0.6) is 5.75 Å². The third-order valence-corrected chi connectivity index (χ3v) is 6.26. The number of hydrazine groups is 1. The predicted molar refractivity (Wildman–Crippen MR) is 110 cm³/mol. The van der Waals surface area contributed by atoms with Gasteiger partial charge in [-0.25, -0.2) is 0 Å². The van der Waals surface area contributed by atoms with Gasteiger partial charge < -0.3 is 14.5 Å². The van der Waals surface area contributed by atoms with Crippen molar-refractivity contribution >= 4 is 17.3 Å². The van der Waals surface area contributed by atoms with Gasteiger partial charge in [0.25, 0.3) is 0 Å². The average molecular weight is 378 g/mol. The van der Waals surface area contributed by atoms with E-state index in [1.165, 1.54) is 11.1 Å². The van der Waals surface area contributed by atoms with Gasteiger partial charge in [-0.3, -0.25) is 15.6 Å². The van der Waals surface area contributed by atoms with Crippen molar-refractivity contribution in [3.05, 3.63) is 53.6 Å². The number of amides is 1. The van der Waals surface area contributed by atoms with Crippen LogP contribution in [-0.2, 0) is 11.2 Å². The van der Waals surface area contributed by atoms with Crippen LogP contribution in [0.2, 0.25) is 0 Å². The van der Waals surface area contributed by atoms with Crippen LogP contribution in [-0.4, -0.2) is 45.2 Å². The number of para-hydroxylation sites is 1. The summed E-state index contributed by atoms with van der Waals surface area (Å²) in [5.74, 6) is 1.55. The second-order valence-corrected chi connectivity index (χ2v) is 7.76. The Morgan fingerprint density at radius 3 is 2.57 bits per heavy atom. The largest absolute Gasteiger partial charge is 0.495 e. The fraction of sp³-hybridized carbons (Fsp3) is 0.409. The lowest BCUT2D eigenvalue weighted by Gasteiger charge is -2.27. The van der Waals surface area contributed by atoms with Crippen LogP contribution in [0, 0.1) is 0 Å². The summed E-state index contributed by atoms with van der Waals surface area (Å²) in [7, 11) is 1.70. The predicted octanol–water partition coefficient (Wildman–Crippen LogP) is 2.05. The Kier molecular flexibility index (Phi) is 4.45. The van der Waals surface area contributed by atoms with E-state index in [4.69, 9.17) is 4.74 Å². The van der Waals surface area contributed by atoms with Crippen molar-refractivity contribution in [2.45, 2.75) is 24.8 Å². The number of ether oxygens (including phenoxy) is 1. The minimum atomic E-state index is -0.111. The van der Waals surface area contributed by atoms with Crippen molar-refractivity contribution < 1.29 is 9.53 Å².